The lowest BCUT2D eigenvalue weighted by Crippen LogP contribution is -2.46. The molecule has 1 saturated carbocycles. The molecule has 0 aromatic rings. The van der Waals surface area contributed by atoms with Gasteiger partial charge in [-0.3, -0.25) is 0 Å². The second-order valence-corrected chi connectivity index (χ2v) is 5.30. The van der Waals surface area contributed by atoms with Crippen LogP contribution in [0.3, 0.4) is 0 Å². The van der Waals surface area contributed by atoms with Crippen LogP contribution in [-0.2, 0) is 9.57 Å². The molecule has 0 aromatic heterocycles. The number of carbonyl (C=O) groups is 2. The predicted molar refractivity (Wildman–Crippen MR) is 70.4 cm³/mol. The first-order valence-corrected chi connectivity index (χ1v) is 6.86. The number of nitrogens with zero attached hydrogens (tertiary/aromatic N) is 1. The Labute approximate surface area is 114 Å². The number of amides is 2. The summed E-state index contributed by atoms with van der Waals surface area (Å²) in [6.07, 6.45) is 4.21. The largest absolute Gasteiger partial charge is 0.451 e. The molecule has 1 aliphatic carbocycles. The number of methoxy groups -OCH3 is 1. The van der Waals surface area contributed by atoms with E-state index in [1.54, 1.807) is 4.90 Å². The minimum atomic E-state index is -0.776. The van der Waals surface area contributed by atoms with Crippen LogP contribution in [0.25, 0.3) is 0 Å². The maximum atomic E-state index is 12.0. The van der Waals surface area contributed by atoms with Crippen molar-refractivity contribution in [1.29, 1.82) is 0 Å². The summed E-state index contributed by atoms with van der Waals surface area (Å²) >= 11 is 0. The number of rotatable bonds is 3. The molecule has 0 aliphatic heterocycles. The highest BCUT2D eigenvalue weighted by atomic mass is 16.7. The van der Waals surface area contributed by atoms with E-state index in [2.05, 4.69) is 18.6 Å². The minimum absolute atomic E-state index is 0.211. The lowest BCUT2D eigenvalue weighted by atomic mass is 9.94. The zero-order valence-electron chi connectivity index (χ0n) is 12.0. The van der Waals surface area contributed by atoms with Gasteiger partial charge >= 0.3 is 12.2 Å². The highest BCUT2D eigenvalue weighted by molar-refractivity contribution is 5.72. The summed E-state index contributed by atoms with van der Waals surface area (Å²) in [5, 5.41) is 0. The van der Waals surface area contributed by atoms with Crippen molar-refractivity contribution in [2.75, 3.05) is 13.7 Å². The molecule has 0 spiro atoms. The second kappa shape index (κ2) is 7.86. The molecule has 0 heterocycles. The minimum Gasteiger partial charge on any atom is -0.451 e. The van der Waals surface area contributed by atoms with Gasteiger partial charge in [0.25, 0.3) is 0 Å². The quantitative estimate of drug-likeness (QED) is 0.802. The van der Waals surface area contributed by atoms with Gasteiger partial charge in [0.05, 0.1) is 7.11 Å². The fraction of sp³-hybridized carbons (Fsp3) is 0.846. The van der Waals surface area contributed by atoms with Crippen molar-refractivity contribution in [1.82, 2.24) is 10.4 Å². The van der Waals surface area contributed by atoms with Crippen molar-refractivity contribution in [2.24, 2.45) is 5.92 Å². The highest BCUT2D eigenvalue weighted by Crippen LogP contribution is 2.23. The van der Waals surface area contributed by atoms with Crippen LogP contribution in [-0.4, -0.2) is 36.8 Å². The molecule has 110 valence electrons. The van der Waals surface area contributed by atoms with Crippen LogP contribution in [0.5, 0.6) is 0 Å². The van der Waals surface area contributed by atoms with Gasteiger partial charge in [-0.05, 0) is 18.8 Å². The number of ether oxygens (including phenoxy) is 1. The molecule has 0 radical (unpaired) electrons. The number of hydrogen-bond acceptors (Lipinski definition) is 4. The summed E-state index contributed by atoms with van der Waals surface area (Å²) in [4.78, 5) is 29.4. The Hall–Kier alpha value is -1.46. The molecule has 1 rings (SSSR count). The van der Waals surface area contributed by atoms with Gasteiger partial charge in [0.2, 0.25) is 0 Å². The van der Waals surface area contributed by atoms with Crippen molar-refractivity contribution < 1.29 is 19.2 Å². The first-order valence-electron chi connectivity index (χ1n) is 6.86. The second-order valence-electron chi connectivity index (χ2n) is 5.30. The maximum absolute atomic E-state index is 12.0. The van der Waals surface area contributed by atoms with Crippen molar-refractivity contribution in [2.45, 2.75) is 52.0 Å². The van der Waals surface area contributed by atoms with E-state index in [1.807, 2.05) is 5.48 Å². The summed E-state index contributed by atoms with van der Waals surface area (Å²) in [7, 11) is 1.22. The Morgan fingerprint density at radius 2 is 1.89 bits per heavy atom. The third kappa shape index (κ3) is 5.36. The fourth-order valence-electron chi connectivity index (χ4n) is 2.34. The fourth-order valence-corrected chi connectivity index (χ4v) is 2.34. The molecule has 0 aromatic carbocycles. The molecule has 2 amide bonds. The van der Waals surface area contributed by atoms with Crippen LogP contribution in [0.2, 0.25) is 0 Å². The molecular weight excluding hydrogens is 248 g/mol. The normalized spacial score (nSPS) is 16.0. The Bertz CT molecular complexity index is 301. The van der Waals surface area contributed by atoms with Crippen molar-refractivity contribution >= 4 is 12.2 Å². The smallest absolute Gasteiger partial charge is 0.440 e. The Morgan fingerprint density at radius 3 is 2.42 bits per heavy atom. The van der Waals surface area contributed by atoms with E-state index in [-0.39, 0.29) is 6.04 Å². The molecule has 0 bridgehead atoms. The van der Waals surface area contributed by atoms with Crippen LogP contribution in [0.15, 0.2) is 0 Å². The molecule has 0 saturated heterocycles. The highest BCUT2D eigenvalue weighted by Gasteiger charge is 2.27. The van der Waals surface area contributed by atoms with Gasteiger partial charge in [-0.25, -0.2) is 9.59 Å². The number of carbonyl (C=O) groups excluding carboxylic acids is 2. The van der Waals surface area contributed by atoms with Gasteiger partial charge < -0.3 is 14.5 Å². The van der Waals surface area contributed by atoms with Gasteiger partial charge in [0.15, 0.2) is 0 Å². The van der Waals surface area contributed by atoms with Crippen LogP contribution in [0.4, 0.5) is 9.59 Å². The molecule has 1 N–H and O–H groups in total. The number of hydrogen-bond donors (Lipinski definition) is 1. The maximum Gasteiger partial charge on any atom is 0.440 e. The van der Waals surface area contributed by atoms with Gasteiger partial charge in [-0.15, -0.1) is 5.48 Å². The van der Waals surface area contributed by atoms with Gasteiger partial charge in [-0.2, -0.15) is 0 Å². The van der Waals surface area contributed by atoms with E-state index in [1.165, 1.54) is 13.5 Å². The van der Waals surface area contributed by atoms with E-state index < -0.39 is 12.2 Å². The first kappa shape index (κ1) is 15.6. The van der Waals surface area contributed by atoms with Crippen LogP contribution < -0.4 is 5.48 Å². The SMILES string of the molecule is COC(=O)NOC(=O)N(CC(C)C)C1CCCCC1. The van der Waals surface area contributed by atoms with Crippen molar-refractivity contribution in [3.8, 4) is 0 Å². The predicted octanol–water partition coefficient (Wildman–Crippen LogP) is 2.68. The molecule has 0 atom stereocenters. The molecule has 6 nitrogen and oxygen atoms in total. The standard InChI is InChI=1S/C13H24N2O4/c1-10(2)9-15(11-7-5-4-6-8-11)13(17)19-14-12(16)18-3/h10-11H,4-9H2,1-3H3,(H,14,16). The number of nitrogens with one attached hydrogen (secondary N) is 1. The molecule has 0 unspecified atom stereocenters. The zero-order chi connectivity index (χ0) is 14.3. The van der Waals surface area contributed by atoms with Gasteiger partial charge in [-0.1, -0.05) is 33.1 Å². The zero-order valence-corrected chi connectivity index (χ0v) is 12.0. The summed E-state index contributed by atoms with van der Waals surface area (Å²) < 4.78 is 4.36. The molecule has 6 heteroatoms. The van der Waals surface area contributed by atoms with E-state index >= 15 is 0 Å². The molecule has 19 heavy (non-hydrogen) atoms. The van der Waals surface area contributed by atoms with Crippen LogP contribution in [0, 0.1) is 5.92 Å². The molecule has 1 fully saturated rings. The lowest BCUT2D eigenvalue weighted by molar-refractivity contribution is 0.0311. The van der Waals surface area contributed by atoms with Crippen molar-refractivity contribution in [3.63, 3.8) is 0 Å². The van der Waals surface area contributed by atoms with Crippen LogP contribution >= 0.6 is 0 Å². The van der Waals surface area contributed by atoms with E-state index in [0.717, 1.165) is 25.7 Å². The monoisotopic (exact) mass is 272 g/mol. The summed E-state index contributed by atoms with van der Waals surface area (Å²) in [6.45, 7) is 4.74. The summed E-state index contributed by atoms with van der Waals surface area (Å²) in [5.41, 5.74) is 1.97. The summed E-state index contributed by atoms with van der Waals surface area (Å²) in [6, 6.07) is 0.211. The topological polar surface area (TPSA) is 67.9 Å². The first-order chi connectivity index (χ1) is 9.04. The summed E-state index contributed by atoms with van der Waals surface area (Å²) in [5.74, 6) is 0.354. The third-order valence-corrected chi connectivity index (χ3v) is 3.22. The Morgan fingerprint density at radius 1 is 1.26 bits per heavy atom. The average molecular weight is 272 g/mol. The Balaban J connectivity index is 2.56. The molecule has 1 aliphatic rings. The van der Waals surface area contributed by atoms with Gasteiger partial charge in [0, 0.05) is 12.6 Å². The third-order valence-electron chi connectivity index (χ3n) is 3.22. The van der Waals surface area contributed by atoms with E-state index in [9.17, 15) is 9.59 Å². The Kier molecular flexibility index (Phi) is 6.45. The van der Waals surface area contributed by atoms with Crippen LogP contribution in [0.1, 0.15) is 46.0 Å². The van der Waals surface area contributed by atoms with E-state index in [0.29, 0.717) is 12.5 Å². The average Bonchev–Trinajstić information content (AvgIpc) is 2.42. The number of hydroxylamine groups is 1. The molecular formula is C13H24N2O4. The van der Waals surface area contributed by atoms with Gasteiger partial charge in [0.1, 0.15) is 0 Å². The lowest BCUT2D eigenvalue weighted by Gasteiger charge is -2.34. The van der Waals surface area contributed by atoms with E-state index in [4.69, 9.17) is 4.84 Å². The van der Waals surface area contributed by atoms with Crippen molar-refractivity contribution in [3.05, 3.63) is 0 Å².